The Morgan fingerprint density at radius 2 is 1.75 bits per heavy atom. The molecule has 2 unspecified atom stereocenters. The summed E-state index contributed by atoms with van der Waals surface area (Å²) >= 11 is 7.28. The number of rotatable bonds is 9. The molecule has 2 atom stereocenters. The zero-order valence-corrected chi connectivity index (χ0v) is 21.3. The molecule has 0 fully saturated rings. The molecule has 0 saturated heterocycles. The minimum atomic E-state index is -1.25. The van der Waals surface area contributed by atoms with Gasteiger partial charge in [0, 0.05) is 17.3 Å². The fourth-order valence-electron chi connectivity index (χ4n) is 3.69. The summed E-state index contributed by atoms with van der Waals surface area (Å²) in [5.41, 5.74) is 1.27. The van der Waals surface area contributed by atoms with Crippen LogP contribution in [0.1, 0.15) is 34.9 Å². The molecule has 2 aromatic heterocycles. The van der Waals surface area contributed by atoms with Gasteiger partial charge < -0.3 is 9.47 Å². The Morgan fingerprint density at radius 1 is 1.00 bits per heavy atom. The van der Waals surface area contributed by atoms with Crippen molar-refractivity contribution in [2.75, 3.05) is 12.0 Å². The van der Waals surface area contributed by atoms with Crippen molar-refractivity contribution in [1.29, 1.82) is 0 Å². The first-order chi connectivity index (χ1) is 17.5. The maximum absolute atomic E-state index is 14.1. The van der Waals surface area contributed by atoms with Crippen LogP contribution in [-0.4, -0.2) is 29.0 Å². The second-order valence-electron chi connectivity index (χ2n) is 7.89. The second kappa shape index (κ2) is 11.8. The molecule has 7 nitrogen and oxygen atoms in total. The molecule has 2 heterocycles. The molecule has 1 amide bonds. The van der Waals surface area contributed by atoms with Gasteiger partial charge in [-0.1, -0.05) is 60.1 Å². The van der Waals surface area contributed by atoms with Crippen molar-refractivity contribution in [3.63, 3.8) is 0 Å². The number of hydrogen-bond donors (Lipinski definition) is 0. The fraction of sp³-hybridized carbons (Fsp3) is 0.185. The van der Waals surface area contributed by atoms with E-state index in [4.69, 9.17) is 21.1 Å². The molecular formula is C27H24ClN3O4S. The Balaban J connectivity index is 1.72. The molecule has 0 aliphatic rings. The minimum Gasteiger partial charge on any atom is -0.497 e. The Hall–Kier alpha value is -3.75. The van der Waals surface area contributed by atoms with Gasteiger partial charge in [-0.2, -0.15) is 0 Å². The van der Waals surface area contributed by atoms with Crippen LogP contribution in [0.3, 0.4) is 0 Å². The molecule has 0 saturated carbocycles. The van der Waals surface area contributed by atoms with E-state index in [1.54, 1.807) is 61.8 Å². The number of nitrogens with zero attached hydrogens (tertiary/aromatic N) is 3. The number of ether oxygens (including phenoxy) is 2. The molecule has 0 spiro atoms. The number of esters is 1. The van der Waals surface area contributed by atoms with Crippen LogP contribution in [0.25, 0.3) is 0 Å². The van der Waals surface area contributed by atoms with Crippen molar-refractivity contribution in [2.24, 2.45) is 0 Å². The van der Waals surface area contributed by atoms with Crippen molar-refractivity contribution < 1.29 is 19.1 Å². The molecule has 0 aliphatic carbocycles. The van der Waals surface area contributed by atoms with Crippen molar-refractivity contribution in [1.82, 2.24) is 9.97 Å². The zero-order chi connectivity index (χ0) is 25.5. The van der Waals surface area contributed by atoms with Crippen LogP contribution in [0.2, 0.25) is 4.47 Å². The first-order valence-electron chi connectivity index (χ1n) is 11.2. The average Bonchev–Trinajstić information content (AvgIpc) is 3.33. The smallest absolute Gasteiger partial charge is 0.323 e. The van der Waals surface area contributed by atoms with E-state index >= 15 is 0 Å². The normalized spacial score (nSPS) is 12.4. The largest absolute Gasteiger partial charge is 0.497 e. The lowest BCUT2D eigenvalue weighted by Gasteiger charge is -2.27. The number of aromatic nitrogens is 2. The molecule has 2 aromatic carbocycles. The van der Waals surface area contributed by atoms with Gasteiger partial charge in [0.05, 0.1) is 13.7 Å². The van der Waals surface area contributed by atoms with E-state index in [0.29, 0.717) is 21.6 Å². The molecule has 184 valence electrons. The van der Waals surface area contributed by atoms with E-state index in [1.807, 2.05) is 30.3 Å². The monoisotopic (exact) mass is 521 g/mol. The second-order valence-corrected chi connectivity index (χ2v) is 9.59. The molecular weight excluding hydrogens is 498 g/mol. The predicted molar refractivity (Wildman–Crippen MR) is 139 cm³/mol. The van der Waals surface area contributed by atoms with Crippen LogP contribution in [0.4, 0.5) is 5.82 Å². The molecule has 0 N–H and O–H groups in total. The van der Waals surface area contributed by atoms with Gasteiger partial charge >= 0.3 is 5.97 Å². The number of thiazole rings is 1. The Bertz CT molecular complexity index is 1320. The molecule has 4 aromatic rings. The van der Waals surface area contributed by atoms with E-state index < -0.39 is 23.9 Å². The van der Waals surface area contributed by atoms with Gasteiger partial charge in [-0.3, -0.25) is 14.5 Å². The van der Waals surface area contributed by atoms with Gasteiger partial charge in [0.15, 0.2) is 10.4 Å². The van der Waals surface area contributed by atoms with E-state index in [1.165, 1.54) is 23.3 Å². The van der Waals surface area contributed by atoms with Crippen molar-refractivity contribution in [2.45, 2.75) is 25.5 Å². The first-order valence-corrected chi connectivity index (χ1v) is 12.4. The summed E-state index contributed by atoms with van der Waals surface area (Å²) in [4.78, 5) is 38.3. The van der Waals surface area contributed by atoms with E-state index in [9.17, 15) is 9.59 Å². The quantitative estimate of drug-likeness (QED) is 0.204. The topological polar surface area (TPSA) is 81.6 Å². The standard InChI is InChI=1S/C27H24ClN3O4S/c1-18(19-9-4-3-5-10-19)35-26(33)24(20-11-8-12-21(15-20)34-2)25(32)31(23-13-6-7-14-29-23)17-22-16-30-27(28)36-22/h3-16,18,24H,17H2,1-2H3. The van der Waals surface area contributed by atoms with Crippen molar-refractivity contribution >= 4 is 40.6 Å². The van der Waals surface area contributed by atoms with E-state index in [0.717, 1.165) is 10.4 Å². The van der Waals surface area contributed by atoms with Crippen molar-refractivity contribution in [3.8, 4) is 5.75 Å². The van der Waals surface area contributed by atoms with Gasteiger partial charge in [-0.25, -0.2) is 9.97 Å². The molecule has 0 bridgehead atoms. The summed E-state index contributed by atoms with van der Waals surface area (Å²) in [5, 5.41) is 0. The van der Waals surface area contributed by atoms with Gasteiger partial charge in [-0.15, -0.1) is 11.3 Å². The third-order valence-electron chi connectivity index (χ3n) is 5.50. The molecule has 0 radical (unpaired) electrons. The van der Waals surface area contributed by atoms with Crippen LogP contribution in [0, 0.1) is 0 Å². The van der Waals surface area contributed by atoms with Crippen molar-refractivity contribution in [3.05, 3.63) is 106 Å². The highest BCUT2D eigenvalue weighted by atomic mass is 35.5. The summed E-state index contributed by atoms with van der Waals surface area (Å²) < 4.78 is 11.5. The van der Waals surface area contributed by atoms with Crippen LogP contribution < -0.4 is 9.64 Å². The molecule has 0 aliphatic heterocycles. The lowest BCUT2D eigenvalue weighted by atomic mass is 9.96. The number of halogens is 1. The highest BCUT2D eigenvalue weighted by Crippen LogP contribution is 2.30. The molecule has 36 heavy (non-hydrogen) atoms. The van der Waals surface area contributed by atoms with Gasteiger partial charge in [0.2, 0.25) is 5.91 Å². The number of carbonyl (C=O) groups excluding carboxylic acids is 2. The van der Waals surface area contributed by atoms with Crippen LogP contribution in [0.5, 0.6) is 5.75 Å². The third kappa shape index (κ3) is 6.08. The highest BCUT2D eigenvalue weighted by Gasteiger charge is 2.36. The summed E-state index contributed by atoms with van der Waals surface area (Å²) in [7, 11) is 1.53. The number of anilines is 1. The highest BCUT2D eigenvalue weighted by molar-refractivity contribution is 7.15. The summed E-state index contributed by atoms with van der Waals surface area (Å²) in [6, 6.07) is 21.5. The van der Waals surface area contributed by atoms with Gasteiger partial charge in [-0.05, 0) is 42.3 Å². The third-order valence-corrected chi connectivity index (χ3v) is 6.60. The Kier molecular flexibility index (Phi) is 8.30. The van der Waals surface area contributed by atoms with Gasteiger partial charge in [0.1, 0.15) is 17.7 Å². The van der Waals surface area contributed by atoms with E-state index in [2.05, 4.69) is 9.97 Å². The summed E-state index contributed by atoms with van der Waals surface area (Å²) in [5.74, 6) is -1.50. The summed E-state index contributed by atoms with van der Waals surface area (Å²) in [6.45, 7) is 1.92. The average molecular weight is 522 g/mol. The van der Waals surface area contributed by atoms with Crippen LogP contribution in [-0.2, 0) is 20.9 Å². The minimum absolute atomic E-state index is 0.141. The van der Waals surface area contributed by atoms with Gasteiger partial charge in [0.25, 0.3) is 0 Å². The number of hydrogen-bond acceptors (Lipinski definition) is 7. The number of carbonyl (C=O) groups is 2. The van der Waals surface area contributed by atoms with E-state index in [-0.39, 0.29) is 6.54 Å². The maximum Gasteiger partial charge on any atom is 0.323 e. The molecule has 4 rings (SSSR count). The Morgan fingerprint density at radius 3 is 2.42 bits per heavy atom. The number of benzene rings is 2. The SMILES string of the molecule is COc1cccc(C(C(=O)OC(C)c2ccccc2)C(=O)N(Cc2cnc(Cl)s2)c2ccccn2)c1. The lowest BCUT2D eigenvalue weighted by molar-refractivity contribution is -0.152. The number of amides is 1. The lowest BCUT2D eigenvalue weighted by Crippen LogP contribution is -2.39. The fourth-order valence-corrected chi connectivity index (χ4v) is 4.66. The maximum atomic E-state index is 14.1. The first kappa shape index (κ1) is 25.3. The Labute approximate surface area is 218 Å². The number of methoxy groups -OCH3 is 1. The summed E-state index contributed by atoms with van der Waals surface area (Å²) in [6.07, 6.45) is 2.64. The zero-order valence-electron chi connectivity index (χ0n) is 19.7. The predicted octanol–water partition coefficient (Wildman–Crippen LogP) is 5.82. The molecule has 9 heteroatoms. The van der Waals surface area contributed by atoms with Crippen LogP contribution >= 0.6 is 22.9 Å². The number of pyridine rings is 1. The van der Waals surface area contributed by atoms with Crippen LogP contribution in [0.15, 0.2) is 85.2 Å².